The van der Waals surface area contributed by atoms with Gasteiger partial charge in [-0.15, -0.1) is 0 Å². The van der Waals surface area contributed by atoms with E-state index in [1.54, 1.807) is 0 Å². The lowest BCUT2D eigenvalue weighted by molar-refractivity contribution is 0.657. The molecule has 2 unspecified atom stereocenters. The Morgan fingerprint density at radius 3 is 2.26 bits per heavy atom. The third-order valence-electron chi connectivity index (χ3n) is 3.38. The van der Waals surface area contributed by atoms with E-state index in [0.29, 0.717) is 5.78 Å². The smallest absolute Gasteiger partial charge is 0.0700 e. The van der Waals surface area contributed by atoms with Crippen LogP contribution in [0.5, 0.6) is 0 Å². The van der Waals surface area contributed by atoms with Crippen molar-refractivity contribution in [2.75, 3.05) is 13.1 Å². The van der Waals surface area contributed by atoms with E-state index < -0.39 is 8.07 Å². The summed E-state index contributed by atoms with van der Waals surface area (Å²) in [6.07, 6.45) is 1.19. The Morgan fingerprint density at radius 2 is 1.53 bits per heavy atom. The summed E-state index contributed by atoms with van der Waals surface area (Å²) in [5.74, 6) is 0.404. The summed E-state index contributed by atoms with van der Waals surface area (Å²) in [5, 5.41) is 8.88. The molecule has 0 saturated carbocycles. The van der Waals surface area contributed by atoms with Crippen molar-refractivity contribution in [3.8, 4) is 0 Å². The third kappa shape index (κ3) is 3.03. The van der Waals surface area contributed by atoms with Crippen LogP contribution in [-0.2, 0) is 0 Å². The quantitative estimate of drug-likeness (QED) is 0.820. The maximum atomic E-state index is 3.75. The summed E-state index contributed by atoms with van der Waals surface area (Å²) in [7, 11) is -0.394. The normalized spacial score (nSPS) is 23.8. The van der Waals surface area contributed by atoms with E-state index in [2.05, 4.69) is 71.1 Å². The Bertz CT molecular complexity index is 453. The van der Waals surface area contributed by atoms with Gasteiger partial charge in [-0.1, -0.05) is 60.7 Å². The van der Waals surface area contributed by atoms with Gasteiger partial charge >= 0.3 is 0 Å². The van der Waals surface area contributed by atoms with E-state index in [0.717, 1.165) is 13.1 Å². The molecule has 0 radical (unpaired) electrons. The maximum Gasteiger partial charge on any atom is 0.0700 e. The number of hydrogen-bond donors (Lipinski definition) is 2. The molecule has 1 aliphatic rings. The van der Waals surface area contributed by atoms with Crippen LogP contribution in [0.1, 0.15) is 17.8 Å². The van der Waals surface area contributed by atoms with Gasteiger partial charge in [0.1, 0.15) is 0 Å². The molecule has 1 fully saturated rings. The summed E-state index contributed by atoms with van der Waals surface area (Å²) < 4.78 is 0. The Balaban J connectivity index is 1.94. The standard InChI is InChI=1S/C16H19N2P/c1-3-8-14(9-4-1)16-17-12-7-13-18-19(16)15-10-5-2-6-11-15/h1-6,8-11,16-18H,7,12-13H2. The highest BCUT2D eigenvalue weighted by Gasteiger charge is 2.25. The highest BCUT2D eigenvalue weighted by Crippen LogP contribution is 2.45. The first-order valence-corrected chi connectivity index (χ1v) is 8.22. The van der Waals surface area contributed by atoms with Gasteiger partial charge < -0.3 is 5.32 Å². The maximum absolute atomic E-state index is 3.75. The van der Waals surface area contributed by atoms with Gasteiger partial charge in [-0.3, -0.25) is 5.09 Å². The molecule has 19 heavy (non-hydrogen) atoms. The van der Waals surface area contributed by atoms with Crippen molar-refractivity contribution in [1.29, 1.82) is 0 Å². The van der Waals surface area contributed by atoms with Crippen molar-refractivity contribution in [2.24, 2.45) is 0 Å². The van der Waals surface area contributed by atoms with Gasteiger partial charge in [0.2, 0.25) is 0 Å². The fourth-order valence-corrected chi connectivity index (χ4v) is 4.78. The fraction of sp³-hybridized carbons (Fsp3) is 0.250. The lowest BCUT2D eigenvalue weighted by Gasteiger charge is -2.27. The highest BCUT2D eigenvalue weighted by molar-refractivity contribution is 7.64. The number of hydrogen-bond acceptors (Lipinski definition) is 2. The van der Waals surface area contributed by atoms with E-state index in [4.69, 9.17) is 0 Å². The van der Waals surface area contributed by atoms with Crippen molar-refractivity contribution < 1.29 is 0 Å². The SMILES string of the molecule is c1ccc(C2NCCCNP2c2ccccc2)cc1. The van der Waals surface area contributed by atoms with Crippen LogP contribution in [0, 0.1) is 0 Å². The van der Waals surface area contributed by atoms with Gasteiger partial charge in [0.25, 0.3) is 0 Å². The van der Waals surface area contributed by atoms with Crippen LogP contribution < -0.4 is 15.7 Å². The Morgan fingerprint density at radius 1 is 0.842 bits per heavy atom. The van der Waals surface area contributed by atoms with E-state index in [9.17, 15) is 0 Å². The first-order valence-electron chi connectivity index (χ1n) is 6.81. The van der Waals surface area contributed by atoms with Crippen LogP contribution in [0.15, 0.2) is 60.7 Å². The average molecular weight is 270 g/mol. The summed E-state index contributed by atoms with van der Waals surface area (Å²) >= 11 is 0. The molecule has 0 bridgehead atoms. The van der Waals surface area contributed by atoms with Crippen LogP contribution in [0.3, 0.4) is 0 Å². The Labute approximate surface area is 116 Å². The zero-order valence-electron chi connectivity index (χ0n) is 10.9. The molecule has 1 saturated heterocycles. The van der Waals surface area contributed by atoms with Gasteiger partial charge in [0.05, 0.1) is 5.78 Å². The Hall–Kier alpha value is -1.21. The molecular formula is C16H19N2P. The van der Waals surface area contributed by atoms with Crippen molar-refractivity contribution in [3.63, 3.8) is 0 Å². The van der Waals surface area contributed by atoms with Crippen LogP contribution in [0.2, 0.25) is 0 Å². The first-order chi connectivity index (χ1) is 9.45. The number of rotatable bonds is 2. The molecule has 2 N–H and O–H groups in total. The minimum Gasteiger partial charge on any atom is -0.305 e. The molecule has 0 aliphatic carbocycles. The molecule has 3 rings (SSSR count). The zero-order chi connectivity index (χ0) is 12.9. The van der Waals surface area contributed by atoms with Crippen molar-refractivity contribution in [3.05, 3.63) is 66.2 Å². The van der Waals surface area contributed by atoms with Gasteiger partial charge in [-0.25, -0.2) is 0 Å². The monoisotopic (exact) mass is 270 g/mol. The highest BCUT2D eigenvalue weighted by atomic mass is 31.1. The van der Waals surface area contributed by atoms with Crippen LogP contribution in [0.4, 0.5) is 0 Å². The van der Waals surface area contributed by atoms with Gasteiger partial charge in [-0.05, 0) is 23.8 Å². The summed E-state index contributed by atoms with van der Waals surface area (Å²) in [6.45, 7) is 2.18. The average Bonchev–Trinajstić information content (AvgIpc) is 2.75. The number of nitrogens with one attached hydrogen (secondary N) is 2. The molecule has 2 aromatic carbocycles. The van der Waals surface area contributed by atoms with Crippen LogP contribution >= 0.6 is 8.07 Å². The topological polar surface area (TPSA) is 24.1 Å². The molecule has 2 nitrogen and oxygen atoms in total. The van der Waals surface area contributed by atoms with E-state index in [-0.39, 0.29) is 0 Å². The second-order valence-electron chi connectivity index (χ2n) is 4.73. The lowest BCUT2D eigenvalue weighted by atomic mass is 10.2. The first kappa shape index (κ1) is 12.8. The van der Waals surface area contributed by atoms with Gasteiger partial charge in [-0.2, -0.15) is 0 Å². The molecule has 2 aromatic rings. The lowest BCUT2D eigenvalue weighted by Crippen LogP contribution is -2.25. The zero-order valence-corrected chi connectivity index (χ0v) is 11.8. The van der Waals surface area contributed by atoms with Crippen molar-refractivity contribution in [1.82, 2.24) is 10.4 Å². The van der Waals surface area contributed by atoms with E-state index >= 15 is 0 Å². The summed E-state index contributed by atoms with van der Waals surface area (Å²) in [4.78, 5) is 0. The fourth-order valence-electron chi connectivity index (χ4n) is 2.44. The Kier molecular flexibility index (Phi) is 4.24. The predicted octanol–water partition coefficient (Wildman–Crippen LogP) is 2.99. The molecule has 98 valence electrons. The molecule has 1 aliphatic heterocycles. The van der Waals surface area contributed by atoms with Crippen LogP contribution in [-0.4, -0.2) is 13.1 Å². The second kappa shape index (κ2) is 6.29. The molecule has 0 aromatic heterocycles. The minimum atomic E-state index is -0.394. The van der Waals surface area contributed by atoms with Crippen molar-refractivity contribution >= 4 is 13.4 Å². The molecule has 2 atom stereocenters. The van der Waals surface area contributed by atoms with E-state index in [1.165, 1.54) is 17.3 Å². The molecule has 3 heteroatoms. The third-order valence-corrected chi connectivity index (χ3v) is 5.80. The van der Waals surface area contributed by atoms with Crippen molar-refractivity contribution in [2.45, 2.75) is 12.2 Å². The molecule has 0 amide bonds. The predicted molar refractivity (Wildman–Crippen MR) is 82.8 cm³/mol. The van der Waals surface area contributed by atoms with E-state index in [1.807, 2.05) is 0 Å². The summed E-state index contributed by atoms with van der Waals surface area (Å²) in [5.41, 5.74) is 1.38. The van der Waals surface area contributed by atoms with Gasteiger partial charge in [0.15, 0.2) is 0 Å². The second-order valence-corrected chi connectivity index (χ2v) is 6.82. The molecule has 0 spiro atoms. The minimum absolute atomic E-state index is 0.394. The molecular weight excluding hydrogens is 251 g/mol. The largest absolute Gasteiger partial charge is 0.305 e. The summed E-state index contributed by atoms with van der Waals surface area (Å²) in [6, 6.07) is 21.6. The van der Waals surface area contributed by atoms with Crippen LogP contribution in [0.25, 0.3) is 0 Å². The molecule has 1 heterocycles. The van der Waals surface area contributed by atoms with Gasteiger partial charge in [0, 0.05) is 14.6 Å². The number of benzene rings is 2.